The highest BCUT2D eigenvalue weighted by Crippen LogP contribution is 2.34. The zero-order chi connectivity index (χ0) is 15.5. The van der Waals surface area contributed by atoms with Gasteiger partial charge >= 0.3 is 0 Å². The van der Waals surface area contributed by atoms with Crippen molar-refractivity contribution in [1.82, 2.24) is 9.55 Å². The SMILES string of the molecule is COc1cccc(-c2cn(CCCN)c3ccnc(N)c23)c1. The Morgan fingerprint density at radius 2 is 2.14 bits per heavy atom. The maximum atomic E-state index is 6.13. The lowest BCUT2D eigenvalue weighted by atomic mass is 10.1. The fourth-order valence-corrected chi connectivity index (χ4v) is 2.73. The third kappa shape index (κ3) is 2.51. The zero-order valence-electron chi connectivity index (χ0n) is 12.6. The number of nitrogen functional groups attached to an aromatic ring is 1. The largest absolute Gasteiger partial charge is 0.497 e. The van der Waals surface area contributed by atoms with Crippen molar-refractivity contribution >= 4 is 16.7 Å². The molecule has 0 aliphatic carbocycles. The van der Waals surface area contributed by atoms with Gasteiger partial charge in [-0.1, -0.05) is 12.1 Å². The van der Waals surface area contributed by atoms with Crippen molar-refractivity contribution in [2.24, 2.45) is 5.73 Å². The molecule has 5 heteroatoms. The number of aromatic nitrogens is 2. The predicted molar refractivity (Wildman–Crippen MR) is 89.8 cm³/mol. The van der Waals surface area contributed by atoms with Crippen LogP contribution in [0.3, 0.4) is 0 Å². The van der Waals surface area contributed by atoms with Crippen molar-refractivity contribution in [1.29, 1.82) is 0 Å². The minimum atomic E-state index is 0.543. The van der Waals surface area contributed by atoms with Gasteiger partial charge < -0.3 is 20.8 Å². The summed E-state index contributed by atoms with van der Waals surface area (Å²) < 4.78 is 7.51. The summed E-state index contributed by atoms with van der Waals surface area (Å²) in [5.74, 6) is 1.37. The summed E-state index contributed by atoms with van der Waals surface area (Å²) in [5, 5.41) is 0.979. The van der Waals surface area contributed by atoms with Crippen LogP contribution in [-0.2, 0) is 6.54 Å². The lowest BCUT2D eigenvalue weighted by Crippen LogP contribution is -2.04. The van der Waals surface area contributed by atoms with E-state index in [2.05, 4.69) is 21.8 Å². The van der Waals surface area contributed by atoms with Crippen LogP contribution < -0.4 is 16.2 Å². The number of fused-ring (bicyclic) bond motifs is 1. The van der Waals surface area contributed by atoms with Crippen molar-refractivity contribution < 1.29 is 4.74 Å². The monoisotopic (exact) mass is 296 g/mol. The van der Waals surface area contributed by atoms with Crippen LogP contribution >= 0.6 is 0 Å². The van der Waals surface area contributed by atoms with Crippen LogP contribution in [0.4, 0.5) is 5.82 Å². The lowest BCUT2D eigenvalue weighted by molar-refractivity contribution is 0.415. The number of benzene rings is 1. The number of anilines is 1. The summed E-state index contributed by atoms with van der Waals surface area (Å²) in [5.41, 5.74) is 15.0. The molecule has 4 N–H and O–H groups in total. The Hall–Kier alpha value is -2.53. The van der Waals surface area contributed by atoms with Crippen molar-refractivity contribution in [2.75, 3.05) is 19.4 Å². The minimum absolute atomic E-state index is 0.543. The first-order valence-corrected chi connectivity index (χ1v) is 7.32. The van der Waals surface area contributed by atoms with Crippen molar-refractivity contribution in [3.05, 3.63) is 42.7 Å². The van der Waals surface area contributed by atoms with E-state index in [1.54, 1.807) is 13.3 Å². The lowest BCUT2D eigenvalue weighted by Gasteiger charge is -2.04. The average Bonchev–Trinajstić information content (AvgIpc) is 2.93. The Morgan fingerprint density at radius 1 is 1.27 bits per heavy atom. The quantitative estimate of drug-likeness (QED) is 0.758. The Balaban J connectivity index is 2.19. The number of hydrogen-bond acceptors (Lipinski definition) is 4. The molecule has 2 heterocycles. The number of hydrogen-bond donors (Lipinski definition) is 2. The van der Waals surface area contributed by atoms with E-state index in [4.69, 9.17) is 16.2 Å². The molecule has 5 nitrogen and oxygen atoms in total. The van der Waals surface area contributed by atoms with E-state index in [9.17, 15) is 0 Å². The van der Waals surface area contributed by atoms with Gasteiger partial charge in [0.1, 0.15) is 11.6 Å². The fourth-order valence-electron chi connectivity index (χ4n) is 2.73. The molecule has 0 saturated carbocycles. The highest BCUT2D eigenvalue weighted by molar-refractivity contribution is 6.02. The van der Waals surface area contributed by atoms with Crippen LogP contribution in [0, 0.1) is 0 Å². The smallest absolute Gasteiger partial charge is 0.133 e. The summed E-state index contributed by atoms with van der Waals surface area (Å²) in [6.07, 6.45) is 4.78. The van der Waals surface area contributed by atoms with E-state index in [0.29, 0.717) is 12.4 Å². The van der Waals surface area contributed by atoms with Gasteiger partial charge in [-0.25, -0.2) is 4.98 Å². The Morgan fingerprint density at radius 3 is 2.91 bits per heavy atom. The summed E-state index contributed by atoms with van der Waals surface area (Å²) in [7, 11) is 1.67. The molecule has 0 saturated heterocycles. The van der Waals surface area contributed by atoms with Gasteiger partial charge in [-0.05, 0) is 36.7 Å². The first-order valence-electron chi connectivity index (χ1n) is 7.32. The second-order valence-corrected chi connectivity index (χ2v) is 5.20. The minimum Gasteiger partial charge on any atom is -0.497 e. The van der Waals surface area contributed by atoms with E-state index < -0.39 is 0 Å². The Labute approximate surface area is 129 Å². The highest BCUT2D eigenvalue weighted by atomic mass is 16.5. The maximum Gasteiger partial charge on any atom is 0.133 e. The van der Waals surface area contributed by atoms with Crippen LogP contribution in [0.1, 0.15) is 6.42 Å². The van der Waals surface area contributed by atoms with E-state index in [-0.39, 0.29) is 0 Å². The summed E-state index contributed by atoms with van der Waals surface area (Å²) in [6, 6.07) is 9.96. The number of pyridine rings is 1. The van der Waals surface area contributed by atoms with E-state index >= 15 is 0 Å². The second kappa shape index (κ2) is 6.07. The Kier molecular flexibility index (Phi) is 3.98. The molecule has 0 aliphatic rings. The number of aryl methyl sites for hydroxylation is 1. The normalized spacial score (nSPS) is 11.0. The molecule has 1 aromatic carbocycles. The van der Waals surface area contributed by atoms with Gasteiger partial charge in [0, 0.05) is 29.9 Å². The van der Waals surface area contributed by atoms with Gasteiger partial charge in [0.15, 0.2) is 0 Å². The topological polar surface area (TPSA) is 79.1 Å². The molecule has 0 atom stereocenters. The molecule has 3 aromatic rings. The molecule has 0 aliphatic heterocycles. The van der Waals surface area contributed by atoms with Crippen LogP contribution in [-0.4, -0.2) is 23.2 Å². The number of nitrogens with zero attached hydrogens (tertiary/aromatic N) is 2. The third-order valence-corrected chi connectivity index (χ3v) is 3.81. The van der Waals surface area contributed by atoms with Gasteiger partial charge in [0.05, 0.1) is 12.6 Å². The Bertz CT molecular complexity index is 794. The van der Waals surface area contributed by atoms with E-state index in [1.165, 1.54) is 0 Å². The maximum absolute atomic E-state index is 6.13. The molecule has 0 unspecified atom stereocenters. The molecule has 0 bridgehead atoms. The first-order chi connectivity index (χ1) is 10.7. The van der Waals surface area contributed by atoms with Gasteiger partial charge in [0.2, 0.25) is 0 Å². The highest BCUT2D eigenvalue weighted by Gasteiger charge is 2.13. The van der Waals surface area contributed by atoms with E-state index in [0.717, 1.165) is 40.7 Å². The number of ether oxygens (including phenoxy) is 1. The summed E-state index contributed by atoms with van der Waals surface area (Å²) in [6.45, 7) is 1.52. The molecule has 0 amide bonds. The van der Waals surface area contributed by atoms with Crippen LogP contribution in [0.15, 0.2) is 42.7 Å². The van der Waals surface area contributed by atoms with Crippen LogP contribution in [0.5, 0.6) is 5.75 Å². The van der Waals surface area contributed by atoms with E-state index in [1.807, 2.05) is 24.3 Å². The van der Waals surface area contributed by atoms with Gasteiger partial charge in [-0.15, -0.1) is 0 Å². The third-order valence-electron chi connectivity index (χ3n) is 3.81. The molecule has 0 radical (unpaired) electrons. The second-order valence-electron chi connectivity index (χ2n) is 5.20. The van der Waals surface area contributed by atoms with Crippen LogP contribution in [0.25, 0.3) is 22.0 Å². The van der Waals surface area contributed by atoms with Gasteiger partial charge in [0.25, 0.3) is 0 Å². The molecule has 3 rings (SSSR count). The van der Waals surface area contributed by atoms with Crippen LogP contribution in [0.2, 0.25) is 0 Å². The number of methoxy groups -OCH3 is 1. The van der Waals surface area contributed by atoms with Crippen molar-refractivity contribution in [3.63, 3.8) is 0 Å². The molecule has 114 valence electrons. The molecular weight excluding hydrogens is 276 g/mol. The number of nitrogens with two attached hydrogens (primary N) is 2. The van der Waals surface area contributed by atoms with Gasteiger partial charge in [-0.3, -0.25) is 0 Å². The summed E-state index contributed by atoms with van der Waals surface area (Å²) in [4.78, 5) is 4.24. The fraction of sp³-hybridized carbons (Fsp3) is 0.235. The summed E-state index contributed by atoms with van der Waals surface area (Å²) >= 11 is 0. The average molecular weight is 296 g/mol. The van der Waals surface area contributed by atoms with Gasteiger partial charge in [-0.2, -0.15) is 0 Å². The zero-order valence-corrected chi connectivity index (χ0v) is 12.6. The molecule has 0 spiro atoms. The molecule has 22 heavy (non-hydrogen) atoms. The van der Waals surface area contributed by atoms with Crippen molar-refractivity contribution in [3.8, 4) is 16.9 Å². The first kappa shape index (κ1) is 14.4. The molecule has 0 fully saturated rings. The molecular formula is C17H20N4O. The number of rotatable bonds is 5. The predicted octanol–water partition coefficient (Wildman–Crippen LogP) is 2.64. The van der Waals surface area contributed by atoms with Crippen molar-refractivity contribution in [2.45, 2.75) is 13.0 Å². The molecule has 2 aromatic heterocycles. The standard InChI is InChI=1S/C17H20N4O/c1-22-13-5-2-4-12(10-13)14-11-21(9-3-7-18)15-6-8-20-17(19)16(14)15/h2,4-6,8,10-11H,3,7,9,18H2,1H3,(H2,19,20).